The Morgan fingerprint density at radius 1 is 1.33 bits per heavy atom. The molecule has 0 bridgehead atoms. The first kappa shape index (κ1) is 16.2. The quantitative estimate of drug-likeness (QED) is 0.640. The number of carbonyl (C=O) groups excluding carboxylic acids is 2. The predicted octanol–water partition coefficient (Wildman–Crippen LogP) is 2.28. The zero-order valence-electron chi connectivity index (χ0n) is 12.4. The average Bonchev–Trinajstić information content (AvgIpc) is 2.69. The van der Waals surface area contributed by atoms with Crippen molar-refractivity contribution in [1.29, 1.82) is 0 Å². The maximum absolute atomic E-state index is 11.8. The minimum Gasteiger partial charge on any atom is -0.351 e. The van der Waals surface area contributed by atoms with Crippen molar-refractivity contribution in [1.82, 2.24) is 15.5 Å². The summed E-state index contributed by atoms with van der Waals surface area (Å²) in [6, 6.07) is 0. The lowest BCUT2D eigenvalue weighted by Crippen LogP contribution is -2.41. The highest BCUT2D eigenvalue weighted by atomic mass is 32.2. The number of aromatic nitrogens is 2. The number of carbonyl (C=O) groups is 2. The zero-order chi connectivity index (χ0) is 15.5. The number of thioether (sulfide) groups is 1. The van der Waals surface area contributed by atoms with Crippen molar-refractivity contribution in [3.8, 4) is 0 Å². The van der Waals surface area contributed by atoms with E-state index in [2.05, 4.69) is 20.8 Å². The molecule has 21 heavy (non-hydrogen) atoms. The van der Waals surface area contributed by atoms with E-state index in [4.69, 9.17) is 0 Å². The number of rotatable bonds is 5. The molecule has 6 nitrogen and oxygen atoms in total. The number of nitrogens with zero attached hydrogens (tertiary/aromatic N) is 2. The van der Waals surface area contributed by atoms with Gasteiger partial charge in [0.2, 0.25) is 16.9 Å². The summed E-state index contributed by atoms with van der Waals surface area (Å²) in [6.07, 6.45) is 3.04. The summed E-state index contributed by atoms with van der Waals surface area (Å²) in [4.78, 5) is 23.5. The van der Waals surface area contributed by atoms with Crippen molar-refractivity contribution < 1.29 is 9.59 Å². The summed E-state index contributed by atoms with van der Waals surface area (Å²) in [5.41, 5.74) is -0.235. The molecule has 2 rings (SSSR count). The Bertz CT molecular complexity index is 520. The molecule has 0 saturated heterocycles. The van der Waals surface area contributed by atoms with E-state index in [-0.39, 0.29) is 23.3 Å². The fraction of sp³-hybridized carbons (Fsp3) is 0.692. The topological polar surface area (TPSA) is 84.0 Å². The smallest absolute Gasteiger partial charge is 0.230 e. The Balaban J connectivity index is 1.77. The monoisotopic (exact) mass is 328 g/mol. The molecule has 1 aromatic heterocycles. The van der Waals surface area contributed by atoms with Crippen LogP contribution in [0, 0.1) is 5.92 Å². The summed E-state index contributed by atoms with van der Waals surface area (Å²) in [7, 11) is 0. The van der Waals surface area contributed by atoms with Crippen molar-refractivity contribution in [3.05, 3.63) is 0 Å². The van der Waals surface area contributed by atoms with Gasteiger partial charge in [-0.1, -0.05) is 29.5 Å². The second kappa shape index (κ2) is 6.74. The molecule has 1 aliphatic rings. The molecule has 0 atom stereocenters. The number of hydrogen-bond donors (Lipinski definition) is 2. The van der Waals surface area contributed by atoms with Crippen LogP contribution in [0.1, 0.15) is 40.0 Å². The highest BCUT2D eigenvalue weighted by Crippen LogP contribution is 2.29. The second-order valence-electron chi connectivity index (χ2n) is 6.08. The molecule has 0 unspecified atom stereocenters. The van der Waals surface area contributed by atoms with Crippen LogP contribution in [0.3, 0.4) is 0 Å². The van der Waals surface area contributed by atoms with Crippen LogP contribution in [0.2, 0.25) is 0 Å². The van der Waals surface area contributed by atoms with E-state index < -0.39 is 0 Å². The van der Waals surface area contributed by atoms with Gasteiger partial charge in [-0.15, -0.1) is 10.2 Å². The molecular formula is C13H20N4O2S2. The molecule has 8 heteroatoms. The van der Waals surface area contributed by atoms with Crippen LogP contribution in [0.4, 0.5) is 5.13 Å². The van der Waals surface area contributed by atoms with Crippen LogP contribution in [0.25, 0.3) is 0 Å². The van der Waals surface area contributed by atoms with Crippen LogP contribution >= 0.6 is 23.1 Å². The van der Waals surface area contributed by atoms with E-state index in [1.165, 1.54) is 23.1 Å². The van der Waals surface area contributed by atoms with Gasteiger partial charge in [0.05, 0.1) is 5.75 Å². The van der Waals surface area contributed by atoms with E-state index in [0.717, 1.165) is 19.3 Å². The Hall–Kier alpha value is -1.15. The maximum Gasteiger partial charge on any atom is 0.230 e. The molecule has 116 valence electrons. The van der Waals surface area contributed by atoms with Crippen molar-refractivity contribution in [3.63, 3.8) is 0 Å². The van der Waals surface area contributed by atoms with Gasteiger partial charge in [-0.05, 0) is 33.6 Å². The van der Waals surface area contributed by atoms with E-state index in [9.17, 15) is 9.59 Å². The molecule has 0 aliphatic heterocycles. The lowest BCUT2D eigenvalue weighted by molar-refractivity contribution is -0.122. The minimum atomic E-state index is -0.235. The van der Waals surface area contributed by atoms with Crippen molar-refractivity contribution in [2.75, 3.05) is 11.1 Å². The molecule has 1 fully saturated rings. The van der Waals surface area contributed by atoms with E-state index >= 15 is 0 Å². The zero-order valence-corrected chi connectivity index (χ0v) is 14.1. The molecule has 1 aliphatic carbocycles. The summed E-state index contributed by atoms with van der Waals surface area (Å²) in [5, 5.41) is 14.1. The Labute approximate surface area is 132 Å². The summed E-state index contributed by atoms with van der Waals surface area (Å²) in [6.45, 7) is 5.82. The third-order valence-electron chi connectivity index (χ3n) is 2.95. The molecule has 1 saturated carbocycles. The minimum absolute atomic E-state index is 0.0272. The van der Waals surface area contributed by atoms with Crippen molar-refractivity contribution in [2.45, 2.75) is 49.9 Å². The van der Waals surface area contributed by atoms with Crippen LogP contribution in [0.5, 0.6) is 0 Å². The molecule has 0 spiro atoms. The molecule has 0 aromatic carbocycles. The summed E-state index contributed by atoms with van der Waals surface area (Å²) < 4.78 is 0.683. The van der Waals surface area contributed by atoms with Gasteiger partial charge in [0.25, 0.3) is 0 Å². The summed E-state index contributed by atoms with van der Waals surface area (Å²) >= 11 is 2.63. The lowest BCUT2D eigenvalue weighted by Gasteiger charge is -2.23. The Morgan fingerprint density at radius 3 is 2.62 bits per heavy atom. The Kier molecular flexibility index (Phi) is 5.21. The average molecular weight is 328 g/mol. The van der Waals surface area contributed by atoms with E-state index in [1.54, 1.807) is 0 Å². The molecule has 1 aromatic rings. The van der Waals surface area contributed by atoms with Gasteiger partial charge in [0, 0.05) is 11.5 Å². The second-order valence-corrected chi connectivity index (χ2v) is 8.28. The van der Waals surface area contributed by atoms with Crippen molar-refractivity contribution in [2.24, 2.45) is 5.92 Å². The van der Waals surface area contributed by atoms with Gasteiger partial charge in [0.15, 0.2) is 4.34 Å². The van der Waals surface area contributed by atoms with E-state index in [1.807, 2.05) is 20.8 Å². The molecular weight excluding hydrogens is 308 g/mol. The van der Waals surface area contributed by atoms with Gasteiger partial charge < -0.3 is 10.6 Å². The number of hydrogen-bond acceptors (Lipinski definition) is 6. The maximum atomic E-state index is 11.8. The lowest BCUT2D eigenvalue weighted by atomic mass is 9.85. The predicted molar refractivity (Wildman–Crippen MR) is 84.5 cm³/mol. The van der Waals surface area contributed by atoms with Crippen LogP contribution in [-0.4, -0.2) is 33.3 Å². The largest absolute Gasteiger partial charge is 0.351 e. The van der Waals surface area contributed by atoms with Gasteiger partial charge in [-0.3, -0.25) is 9.59 Å². The number of anilines is 1. The SMILES string of the molecule is CC(C)(C)NC(=O)CSc1nnc(NC(=O)C2CCC2)s1. The molecule has 0 radical (unpaired) electrons. The first-order chi connectivity index (χ1) is 9.83. The molecule has 1 heterocycles. The molecule has 2 N–H and O–H groups in total. The fourth-order valence-electron chi connectivity index (χ4n) is 1.78. The normalized spacial score (nSPS) is 15.4. The highest BCUT2D eigenvalue weighted by Gasteiger charge is 2.26. The fourth-order valence-corrected chi connectivity index (χ4v) is 3.33. The Morgan fingerprint density at radius 2 is 2.05 bits per heavy atom. The summed E-state index contributed by atoms with van der Waals surface area (Å²) in [5.74, 6) is 0.410. The van der Waals surface area contributed by atoms with E-state index in [0.29, 0.717) is 15.2 Å². The van der Waals surface area contributed by atoms with Crippen molar-refractivity contribution >= 4 is 40.0 Å². The third kappa shape index (κ3) is 5.28. The van der Waals surface area contributed by atoms with Gasteiger partial charge in [0.1, 0.15) is 0 Å². The van der Waals surface area contributed by atoms with Gasteiger partial charge in [-0.2, -0.15) is 0 Å². The number of nitrogens with one attached hydrogen (secondary N) is 2. The first-order valence-corrected chi connectivity index (χ1v) is 8.72. The molecule has 2 amide bonds. The van der Waals surface area contributed by atoms with Gasteiger partial charge >= 0.3 is 0 Å². The van der Waals surface area contributed by atoms with Crippen LogP contribution in [-0.2, 0) is 9.59 Å². The first-order valence-electron chi connectivity index (χ1n) is 6.92. The third-order valence-corrected chi connectivity index (χ3v) is 4.93. The van der Waals surface area contributed by atoms with Crippen LogP contribution < -0.4 is 10.6 Å². The standard InChI is InChI=1S/C13H20N4O2S2/c1-13(2,3)15-9(18)7-20-12-17-16-11(21-12)14-10(19)8-5-4-6-8/h8H,4-7H2,1-3H3,(H,15,18)(H,14,16,19). The van der Waals surface area contributed by atoms with Crippen LogP contribution in [0.15, 0.2) is 4.34 Å². The van der Waals surface area contributed by atoms with Gasteiger partial charge in [-0.25, -0.2) is 0 Å². The highest BCUT2D eigenvalue weighted by molar-refractivity contribution is 8.01. The number of amides is 2.